The molecular formula is C49H67N5O11. The lowest BCUT2D eigenvalue weighted by Gasteiger charge is -2.14. The van der Waals surface area contributed by atoms with Crippen LogP contribution in [0.25, 0.3) is 44.4 Å². The van der Waals surface area contributed by atoms with Crippen LogP contribution in [0.1, 0.15) is 86.8 Å². The number of carbonyl (C=O) groups is 1. The summed E-state index contributed by atoms with van der Waals surface area (Å²) in [7, 11) is 4.66. The SMILES string of the molecule is CCC1=C(CC)c2cc3[nH]c(cnc4cc(OCCOCCOCCOC)c(OCCOCCOCCOC)cc4ncc4nc(cc1n2)C(CCC(=O)OC)=C4C)c(C)c3CCCO. The van der Waals surface area contributed by atoms with Gasteiger partial charge in [0.1, 0.15) is 13.2 Å². The summed E-state index contributed by atoms with van der Waals surface area (Å²) in [6.07, 6.45) is 6.97. The largest absolute Gasteiger partial charge is 0.487 e. The molecule has 5 rings (SSSR count). The molecule has 0 amide bonds. The summed E-state index contributed by atoms with van der Waals surface area (Å²) in [5.74, 6) is 0.592. The zero-order chi connectivity index (χ0) is 46.4. The van der Waals surface area contributed by atoms with Crippen LogP contribution in [0.5, 0.6) is 11.5 Å². The monoisotopic (exact) mass is 901 g/mol. The molecule has 0 unspecified atom stereocenters. The molecule has 4 heterocycles. The van der Waals surface area contributed by atoms with Crippen molar-refractivity contribution in [1.29, 1.82) is 0 Å². The number of carbonyl (C=O) groups excluding carboxylic acids is 1. The summed E-state index contributed by atoms with van der Waals surface area (Å²) >= 11 is 0. The molecule has 2 N–H and O–H groups in total. The van der Waals surface area contributed by atoms with Crippen LogP contribution in [0.3, 0.4) is 0 Å². The van der Waals surface area contributed by atoms with Crippen LogP contribution in [-0.4, -0.2) is 143 Å². The van der Waals surface area contributed by atoms with Gasteiger partial charge in [-0.3, -0.25) is 14.8 Å². The van der Waals surface area contributed by atoms with E-state index in [1.807, 2.05) is 19.1 Å². The molecule has 354 valence electrons. The molecule has 2 aromatic heterocycles. The van der Waals surface area contributed by atoms with Gasteiger partial charge in [0.25, 0.3) is 0 Å². The zero-order valence-electron chi connectivity index (χ0n) is 39.2. The van der Waals surface area contributed by atoms with Gasteiger partial charge >= 0.3 is 5.97 Å². The van der Waals surface area contributed by atoms with Crippen LogP contribution in [0.2, 0.25) is 0 Å². The lowest BCUT2D eigenvalue weighted by molar-refractivity contribution is -0.140. The highest BCUT2D eigenvalue weighted by Crippen LogP contribution is 2.38. The van der Waals surface area contributed by atoms with Crippen molar-refractivity contribution in [2.45, 2.75) is 66.2 Å². The molecule has 0 atom stereocenters. The van der Waals surface area contributed by atoms with Gasteiger partial charge in [0, 0.05) is 44.9 Å². The highest BCUT2D eigenvalue weighted by Gasteiger charge is 2.23. The number of nitrogens with zero attached hydrogens (tertiary/aromatic N) is 4. The number of aliphatic hydroxyl groups is 1. The third-order valence-corrected chi connectivity index (χ3v) is 11.0. The number of aromatic amines is 1. The Bertz CT molecular complexity index is 2290. The van der Waals surface area contributed by atoms with Crippen molar-refractivity contribution < 1.29 is 52.5 Å². The van der Waals surface area contributed by atoms with E-state index in [0.29, 0.717) is 114 Å². The van der Waals surface area contributed by atoms with E-state index in [2.05, 4.69) is 31.8 Å². The Balaban J connectivity index is 1.66. The molecule has 6 bridgehead atoms. The van der Waals surface area contributed by atoms with Gasteiger partial charge in [-0.25, -0.2) is 9.97 Å². The molecule has 0 saturated heterocycles. The van der Waals surface area contributed by atoms with Gasteiger partial charge in [-0.1, -0.05) is 13.8 Å². The molecule has 16 nitrogen and oxygen atoms in total. The van der Waals surface area contributed by atoms with Crippen LogP contribution < -0.4 is 9.47 Å². The number of benzene rings is 1. The topological polar surface area (TPSA) is 188 Å². The predicted octanol–water partition coefficient (Wildman–Crippen LogP) is 7.30. The van der Waals surface area contributed by atoms with Crippen molar-refractivity contribution in [3.63, 3.8) is 0 Å². The van der Waals surface area contributed by atoms with Gasteiger partial charge in [0.2, 0.25) is 0 Å². The first-order valence-electron chi connectivity index (χ1n) is 22.5. The number of esters is 1. The van der Waals surface area contributed by atoms with Crippen molar-refractivity contribution in [2.75, 3.05) is 107 Å². The minimum Gasteiger partial charge on any atom is -0.487 e. The fraction of sp³-hybridized carbons (Fsp3) is 0.531. The van der Waals surface area contributed by atoms with Gasteiger partial charge in [0.05, 0.1) is 125 Å². The molecule has 65 heavy (non-hydrogen) atoms. The first kappa shape index (κ1) is 50.9. The van der Waals surface area contributed by atoms with Crippen molar-refractivity contribution in [3.05, 3.63) is 70.6 Å². The smallest absolute Gasteiger partial charge is 0.305 e. The van der Waals surface area contributed by atoms with Crippen molar-refractivity contribution in [2.24, 2.45) is 0 Å². The van der Waals surface area contributed by atoms with E-state index in [0.717, 1.165) is 74.4 Å². The average molecular weight is 902 g/mol. The number of H-pyrrole nitrogens is 1. The molecule has 3 aromatic rings. The summed E-state index contributed by atoms with van der Waals surface area (Å²) in [5.41, 5.74) is 12.1. The molecule has 0 saturated carbocycles. The molecular weight excluding hydrogens is 835 g/mol. The highest BCUT2D eigenvalue weighted by molar-refractivity contribution is 5.96. The van der Waals surface area contributed by atoms with Crippen molar-refractivity contribution in [3.8, 4) is 11.5 Å². The van der Waals surface area contributed by atoms with Crippen molar-refractivity contribution >= 4 is 50.3 Å². The van der Waals surface area contributed by atoms with E-state index in [-0.39, 0.29) is 32.2 Å². The number of rotatable bonds is 28. The van der Waals surface area contributed by atoms with Crippen LogP contribution in [0.15, 0.2) is 36.7 Å². The number of nitrogens with one attached hydrogen (secondary N) is 1. The Morgan fingerprint density at radius 3 is 1.65 bits per heavy atom. The fourth-order valence-electron chi connectivity index (χ4n) is 7.48. The van der Waals surface area contributed by atoms with E-state index in [1.165, 1.54) is 7.11 Å². The second-order valence-electron chi connectivity index (χ2n) is 15.2. The lowest BCUT2D eigenvalue weighted by Crippen LogP contribution is -2.14. The average Bonchev–Trinajstić information content (AvgIpc) is 3.91. The Morgan fingerprint density at radius 2 is 1.11 bits per heavy atom. The maximum atomic E-state index is 12.4. The minimum atomic E-state index is -0.304. The Kier molecular flexibility index (Phi) is 21.5. The van der Waals surface area contributed by atoms with Crippen molar-refractivity contribution in [1.82, 2.24) is 24.9 Å². The third-order valence-electron chi connectivity index (χ3n) is 11.0. The molecule has 0 spiro atoms. The van der Waals surface area contributed by atoms with E-state index in [1.54, 1.807) is 32.7 Å². The van der Waals surface area contributed by atoms with E-state index >= 15 is 0 Å². The van der Waals surface area contributed by atoms with Crippen LogP contribution in [0.4, 0.5) is 0 Å². The summed E-state index contributed by atoms with van der Waals surface area (Å²) < 4.78 is 50.3. The van der Waals surface area contributed by atoms with Crippen LogP contribution in [-0.2, 0) is 44.4 Å². The van der Waals surface area contributed by atoms with E-state index in [4.69, 9.17) is 62.6 Å². The number of methoxy groups -OCH3 is 3. The highest BCUT2D eigenvalue weighted by atomic mass is 16.6. The number of hydrogen-bond donors (Lipinski definition) is 2. The summed E-state index contributed by atoms with van der Waals surface area (Å²) in [6.45, 7) is 13.2. The first-order valence-corrected chi connectivity index (χ1v) is 22.5. The second-order valence-corrected chi connectivity index (χ2v) is 15.2. The molecule has 16 heteroatoms. The maximum Gasteiger partial charge on any atom is 0.305 e. The molecule has 0 radical (unpaired) electrons. The van der Waals surface area contributed by atoms with E-state index in [9.17, 15) is 9.90 Å². The van der Waals surface area contributed by atoms with Gasteiger partial charge in [-0.05, 0) is 91.5 Å². The first-order chi connectivity index (χ1) is 31.8. The maximum absolute atomic E-state index is 12.4. The molecule has 0 fully saturated rings. The zero-order valence-corrected chi connectivity index (χ0v) is 39.2. The summed E-state index contributed by atoms with van der Waals surface area (Å²) in [4.78, 5) is 36.4. The normalized spacial score (nSPS) is 12.6. The molecule has 1 aromatic carbocycles. The second kappa shape index (κ2) is 27.4. The Hall–Kier alpha value is -5.07. The number of aryl methyl sites for hydroxylation is 2. The number of fused-ring (bicyclic) bond motifs is 7. The number of allylic oxidation sites excluding steroid dienone is 4. The predicted molar refractivity (Wildman–Crippen MR) is 250 cm³/mol. The van der Waals surface area contributed by atoms with E-state index < -0.39 is 0 Å². The molecule has 2 aliphatic rings. The van der Waals surface area contributed by atoms with Crippen LogP contribution >= 0.6 is 0 Å². The number of ether oxygens (including phenoxy) is 9. The van der Waals surface area contributed by atoms with Gasteiger partial charge in [-0.2, -0.15) is 0 Å². The number of aliphatic hydroxyl groups excluding tert-OH is 1. The molecule has 2 aliphatic heterocycles. The summed E-state index contributed by atoms with van der Waals surface area (Å²) in [5, 5.41) is 9.88. The Morgan fingerprint density at radius 1 is 0.600 bits per heavy atom. The van der Waals surface area contributed by atoms with Gasteiger partial charge < -0.3 is 52.7 Å². The quantitative estimate of drug-likeness (QED) is 0.0545. The fourth-order valence-corrected chi connectivity index (χ4v) is 7.48. The number of hydrogen-bond acceptors (Lipinski definition) is 15. The lowest BCUT2D eigenvalue weighted by atomic mass is 9.98. The van der Waals surface area contributed by atoms with Gasteiger partial charge in [0.15, 0.2) is 11.5 Å². The molecule has 0 aliphatic carbocycles. The van der Waals surface area contributed by atoms with Gasteiger partial charge in [-0.15, -0.1) is 0 Å². The van der Waals surface area contributed by atoms with Crippen LogP contribution in [0, 0.1) is 6.92 Å². The number of aromatic nitrogens is 5. The third kappa shape index (κ3) is 14.7. The standard InChI is InChI=1S/C49H67N5O11/c1-8-35-36(9-2)40-28-42-38(12-13-49(56)59-7)34(4)46(54-42)32-51-44-30-48(65-26-24-63-22-20-61-18-16-58-6)47(64-25-23-62-21-19-60-17-15-57-5)29-43(44)50-31-45-33(3)37(11-10-14-55)41(53-45)27-39(35)52-40/h27-32,53,55H,8-26H2,1-7H3. The minimum absolute atomic E-state index is 0.0644. The summed E-state index contributed by atoms with van der Waals surface area (Å²) in [6, 6.07) is 7.75. The Labute approximate surface area is 382 Å².